The first-order valence-electron chi connectivity index (χ1n) is 8.47. The van der Waals surface area contributed by atoms with Crippen LogP contribution in [0.4, 0.5) is 0 Å². The Bertz CT molecular complexity index is 732. The molecule has 2 aromatic rings. The van der Waals surface area contributed by atoms with Gasteiger partial charge in [0.1, 0.15) is 11.8 Å². The van der Waals surface area contributed by atoms with E-state index in [1.807, 2.05) is 30.3 Å². The van der Waals surface area contributed by atoms with Crippen molar-refractivity contribution >= 4 is 11.9 Å². The monoisotopic (exact) mass is 357 g/mol. The average Bonchev–Trinajstić information content (AvgIpc) is 2.63. The van der Waals surface area contributed by atoms with Crippen LogP contribution in [0.3, 0.4) is 0 Å². The standard InChI is InChI=1S/C20H23NO5/c21-16(19(22)23)13-18(20(24)25)26-17-12-5-4-10-15(17)11-6-9-14-7-2-1-3-8-14/h1-5,7-8,10,12,16,18H,6,9,11,13,21H2,(H,22,23)(H,24,25). The molecule has 0 fully saturated rings. The van der Waals surface area contributed by atoms with Gasteiger partial charge in [-0.25, -0.2) is 4.79 Å². The number of carboxylic acid groups (broad SMARTS) is 2. The lowest BCUT2D eigenvalue weighted by Crippen LogP contribution is -2.39. The average molecular weight is 357 g/mol. The van der Waals surface area contributed by atoms with Crippen molar-refractivity contribution in [2.24, 2.45) is 5.73 Å². The molecular formula is C20H23NO5. The van der Waals surface area contributed by atoms with Crippen molar-refractivity contribution in [2.45, 2.75) is 37.8 Å². The predicted molar refractivity (Wildman–Crippen MR) is 97.2 cm³/mol. The van der Waals surface area contributed by atoms with Crippen molar-refractivity contribution in [3.05, 3.63) is 65.7 Å². The summed E-state index contributed by atoms with van der Waals surface area (Å²) < 4.78 is 5.59. The minimum atomic E-state index is -1.31. The largest absolute Gasteiger partial charge is 0.480 e. The van der Waals surface area contributed by atoms with Crippen molar-refractivity contribution in [1.29, 1.82) is 0 Å². The van der Waals surface area contributed by atoms with Gasteiger partial charge in [0.25, 0.3) is 0 Å². The molecule has 2 atom stereocenters. The summed E-state index contributed by atoms with van der Waals surface area (Å²) in [5, 5.41) is 18.2. The maximum atomic E-state index is 11.4. The van der Waals surface area contributed by atoms with Gasteiger partial charge in [-0.3, -0.25) is 4.79 Å². The summed E-state index contributed by atoms with van der Waals surface area (Å²) in [7, 11) is 0. The van der Waals surface area contributed by atoms with E-state index in [2.05, 4.69) is 12.1 Å². The highest BCUT2D eigenvalue weighted by molar-refractivity contribution is 5.77. The second-order valence-electron chi connectivity index (χ2n) is 6.07. The molecule has 6 heteroatoms. The van der Waals surface area contributed by atoms with Gasteiger partial charge < -0.3 is 20.7 Å². The Kier molecular flexibility index (Phi) is 7.17. The number of carboxylic acids is 2. The molecule has 0 aliphatic rings. The van der Waals surface area contributed by atoms with Gasteiger partial charge in [0.2, 0.25) is 0 Å². The van der Waals surface area contributed by atoms with Crippen LogP contribution in [0.25, 0.3) is 0 Å². The lowest BCUT2D eigenvalue weighted by atomic mass is 10.0. The predicted octanol–water partition coefficient (Wildman–Crippen LogP) is 2.50. The highest BCUT2D eigenvalue weighted by atomic mass is 16.5. The first kappa shape index (κ1) is 19.5. The number of nitrogens with two attached hydrogens (primary N) is 1. The topological polar surface area (TPSA) is 110 Å². The summed E-state index contributed by atoms with van der Waals surface area (Å²) in [6.45, 7) is 0. The molecule has 2 aromatic carbocycles. The van der Waals surface area contributed by atoms with Crippen LogP contribution in [0.15, 0.2) is 54.6 Å². The third-order valence-corrected chi connectivity index (χ3v) is 4.06. The molecule has 0 aliphatic carbocycles. The second kappa shape index (κ2) is 9.58. The zero-order chi connectivity index (χ0) is 18.9. The Morgan fingerprint density at radius 3 is 2.23 bits per heavy atom. The van der Waals surface area contributed by atoms with E-state index < -0.39 is 24.1 Å². The summed E-state index contributed by atoms with van der Waals surface area (Å²) >= 11 is 0. The normalized spacial score (nSPS) is 13.0. The van der Waals surface area contributed by atoms with Gasteiger partial charge in [0.05, 0.1) is 0 Å². The number of rotatable bonds is 10. The van der Waals surface area contributed by atoms with Crippen LogP contribution < -0.4 is 10.5 Å². The Balaban J connectivity index is 2.02. The van der Waals surface area contributed by atoms with Crippen LogP contribution >= 0.6 is 0 Å². The zero-order valence-corrected chi connectivity index (χ0v) is 14.4. The van der Waals surface area contributed by atoms with Crippen molar-refractivity contribution in [2.75, 3.05) is 0 Å². The third kappa shape index (κ3) is 5.89. The minimum absolute atomic E-state index is 0.303. The van der Waals surface area contributed by atoms with Crippen molar-refractivity contribution < 1.29 is 24.5 Å². The number of aryl methyl sites for hydroxylation is 2. The van der Waals surface area contributed by atoms with E-state index >= 15 is 0 Å². The number of hydrogen-bond donors (Lipinski definition) is 3. The fourth-order valence-electron chi connectivity index (χ4n) is 2.64. The van der Waals surface area contributed by atoms with Gasteiger partial charge in [-0.2, -0.15) is 0 Å². The zero-order valence-electron chi connectivity index (χ0n) is 14.4. The maximum Gasteiger partial charge on any atom is 0.344 e. The molecule has 4 N–H and O–H groups in total. The Labute approximate surface area is 152 Å². The van der Waals surface area contributed by atoms with E-state index in [9.17, 15) is 14.7 Å². The molecular weight excluding hydrogens is 334 g/mol. The van der Waals surface area contributed by atoms with Crippen LogP contribution in [0.1, 0.15) is 24.0 Å². The van der Waals surface area contributed by atoms with Gasteiger partial charge in [0, 0.05) is 6.42 Å². The van der Waals surface area contributed by atoms with E-state index in [0.717, 1.165) is 24.8 Å². The van der Waals surface area contributed by atoms with Gasteiger partial charge in [0.15, 0.2) is 6.10 Å². The Hall–Kier alpha value is -2.86. The summed E-state index contributed by atoms with van der Waals surface area (Å²) in [5.41, 5.74) is 7.57. The third-order valence-electron chi connectivity index (χ3n) is 4.06. The molecule has 2 rings (SSSR count). The number of benzene rings is 2. The minimum Gasteiger partial charge on any atom is -0.480 e. The van der Waals surface area contributed by atoms with Crippen LogP contribution in [-0.2, 0) is 22.4 Å². The van der Waals surface area contributed by atoms with E-state index in [4.69, 9.17) is 15.6 Å². The molecule has 6 nitrogen and oxygen atoms in total. The van der Waals surface area contributed by atoms with Crippen molar-refractivity contribution in [3.8, 4) is 5.75 Å². The summed E-state index contributed by atoms with van der Waals surface area (Å²) in [6, 6.07) is 16.0. The molecule has 138 valence electrons. The van der Waals surface area contributed by atoms with Gasteiger partial charge in [-0.15, -0.1) is 0 Å². The summed E-state index contributed by atoms with van der Waals surface area (Å²) in [5.74, 6) is -2.04. The molecule has 0 saturated carbocycles. The number of carbonyl (C=O) groups is 2. The van der Waals surface area contributed by atoms with Crippen LogP contribution in [0.5, 0.6) is 5.75 Å². The van der Waals surface area contributed by atoms with Crippen LogP contribution in [0.2, 0.25) is 0 Å². The fraction of sp³-hybridized carbons (Fsp3) is 0.300. The number of hydrogen-bond acceptors (Lipinski definition) is 4. The number of ether oxygens (including phenoxy) is 1. The molecule has 0 aromatic heterocycles. The SMILES string of the molecule is NC(CC(Oc1ccccc1CCCc1ccccc1)C(=O)O)C(=O)O. The molecule has 0 radical (unpaired) electrons. The van der Waals surface area contributed by atoms with Crippen molar-refractivity contribution in [1.82, 2.24) is 0 Å². The van der Waals surface area contributed by atoms with Gasteiger partial charge >= 0.3 is 11.9 Å². The first-order chi connectivity index (χ1) is 12.5. The highest BCUT2D eigenvalue weighted by Crippen LogP contribution is 2.23. The van der Waals surface area contributed by atoms with E-state index in [-0.39, 0.29) is 6.42 Å². The molecule has 0 bridgehead atoms. The highest BCUT2D eigenvalue weighted by Gasteiger charge is 2.26. The Morgan fingerprint density at radius 2 is 1.58 bits per heavy atom. The van der Waals surface area contributed by atoms with E-state index in [0.29, 0.717) is 5.75 Å². The molecule has 0 amide bonds. The summed E-state index contributed by atoms with van der Waals surface area (Å²) in [4.78, 5) is 22.3. The lowest BCUT2D eigenvalue weighted by molar-refractivity contribution is -0.146. The molecule has 0 spiro atoms. The first-order valence-corrected chi connectivity index (χ1v) is 8.47. The Morgan fingerprint density at radius 1 is 0.923 bits per heavy atom. The fourth-order valence-corrected chi connectivity index (χ4v) is 2.64. The number of para-hydroxylation sites is 1. The van der Waals surface area contributed by atoms with Crippen molar-refractivity contribution in [3.63, 3.8) is 0 Å². The van der Waals surface area contributed by atoms with Crippen LogP contribution in [-0.4, -0.2) is 34.3 Å². The second-order valence-corrected chi connectivity index (χ2v) is 6.07. The molecule has 0 aliphatic heterocycles. The quantitative estimate of drug-likeness (QED) is 0.603. The maximum absolute atomic E-state index is 11.4. The smallest absolute Gasteiger partial charge is 0.344 e. The molecule has 0 heterocycles. The lowest BCUT2D eigenvalue weighted by Gasteiger charge is -2.19. The van der Waals surface area contributed by atoms with Gasteiger partial charge in [-0.05, 0) is 36.5 Å². The molecule has 26 heavy (non-hydrogen) atoms. The van der Waals surface area contributed by atoms with E-state index in [1.54, 1.807) is 12.1 Å². The molecule has 2 unspecified atom stereocenters. The molecule has 0 saturated heterocycles. The van der Waals surface area contributed by atoms with Crippen LogP contribution in [0, 0.1) is 0 Å². The number of aliphatic carboxylic acids is 2. The van der Waals surface area contributed by atoms with E-state index in [1.165, 1.54) is 5.56 Å². The van der Waals surface area contributed by atoms with Gasteiger partial charge in [-0.1, -0.05) is 48.5 Å². The summed E-state index contributed by atoms with van der Waals surface area (Å²) in [6.07, 6.45) is 0.903.